The number of hydrogen-bond donors (Lipinski definition) is 0. The Hall–Kier alpha value is -2.43. The number of aromatic nitrogens is 2. The number of rotatable bonds is 6. The van der Waals surface area contributed by atoms with Crippen LogP contribution in [0.25, 0.3) is 11.4 Å². The summed E-state index contributed by atoms with van der Waals surface area (Å²) in [6.45, 7) is 7.70. The minimum atomic E-state index is 0.989. The van der Waals surface area contributed by atoms with Gasteiger partial charge >= 0.3 is 0 Å². The van der Waals surface area contributed by atoms with Gasteiger partial charge in [-0.1, -0.05) is 60.7 Å². The number of hydrogen-bond acceptors (Lipinski definition) is 3. The molecule has 4 nitrogen and oxygen atoms in total. The van der Waals surface area contributed by atoms with Crippen molar-refractivity contribution in [2.45, 2.75) is 13.1 Å². The molecule has 1 saturated heterocycles. The summed E-state index contributed by atoms with van der Waals surface area (Å²) >= 11 is 0. The van der Waals surface area contributed by atoms with Gasteiger partial charge in [0, 0.05) is 63.8 Å². The minimum Gasteiger partial charge on any atom is -0.330 e. The van der Waals surface area contributed by atoms with Crippen molar-refractivity contribution in [3.8, 4) is 11.4 Å². The number of piperazine rings is 1. The van der Waals surface area contributed by atoms with Gasteiger partial charge in [0.2, 0.25) is 0 Å². The van der Waals surface area contributed by atoms with Crippen molar-refractivity contribution in [2.75, 3.05) is 32.7 Å². The fourth-order valence-corrected chi connectivity index (χ4v) is 3.60. The monoisotopic (exact) mass is 346 g/mol. The highest BCUT2D eigenvalue weighted by Gasteiger charge is 2.17. The van der Waals surface area contributed by atoms with Crippen molar-refractivity contribution >= 4 is 0 Å². The van der Waals surface area contributed by atoms with Gasteiger partial charge in [0.15, 0.2) is 0 Å². The maximum absolute atomic E-state index is 4.55. The molecule has 1 aliphatic heterocycles. The second kappa shape index (κ2) is 8.30. The van der Waals surface area contributed by atoms with Crippen LogP contribution >= 0.6 is 0 Å². The summed E-state index contributed by atoms with van der Waals surface area (Å²) in [4.78, 5) is 9.67. The molecule has 4 rings (SSSR count). The Morgan fingerprint density at radius 3 is 2.12 bits per heavy atom. The molecule has 0 saturated carbocycles. The third-order valence-electron chi connectivity index (χ3n) is 5.12. The predicted molar refractivity (Wildman–Crippen MR) is 106 cm³/mol. The number of nitrogens with zero attached hydrogens (tertiary/aromatic N) is 4. The van der Waals surface area contributed by atoms with Crippen LogP contribution in [0.15, 0.2) is 73.1 Å². The van der Waals surface area contributed by atoms with Crippen LogP contribution in [0.3, 0.4) is 0 Å². The van der Waals surface area contributed by atoms with Crippen LogP contribution in [-0.2, 0) is 13.1 Å². The van der Waals surface area contributed by atoms with Crippen molar-refractivity contribution in [3.63, 3.8) is 0 Å². The molecule has 4 heteroatoms. The first-order chi connectivity index (χ1) is 12.9. The second-order valence-corrected chi connectivity index (χ2v) is 6.91. The summed E-state index contributed by atoms with van der Waals surface area (Å²) in [5.41, 5.74) is 2.59. The predicted octanol–water partition coefficient (Wildman–Crippen LogP) is 3.37. The largest absolute Gasteiger partial charge is 0.330 e. The van der Waals surface area contributed by atoms with E-state index in [9.17, 15) is 0 Å². The lowest BCUT2D eigenvalue weighted by Gasteiger charge is -2.34. The van der Waals surface area contributed by atoms with Gasteiger partial charge < -0.3 is 4.57 Å². The van der Waals surface area contributed by atoms with Crippen molar-refractivity contribution in [3.05, 3.63) is 78.6 Å². The van der Waals surface area contributed by atoms with E-state index in [2.05, 4.69) is 80.1 Å². The lowest BCUT2D eigenvalue weighted by Crippen LogP contribution is -2.46. The maximum atomic E-state index is 4.55. The molecule has 0 N–H and O–H groups in total. The van der Waals surface area contributed by atoms with Gasteiger partial charge in [-0.25, -0.2) is 4.98 Å². The summed E-state index contributed by atoms with van der Waals surface area (Å²) in [6, 6.07) is 21.2. The van der Waals surface area contributed by atoms with E-state index in [4.69, 9.17) is 0 Å². The normalized spacial score (nSPS) is 16.0. The molecule has 26 heavy (non-hydrogen) atoms. The first-order valence-electron chi connectivity index (χ1n) is 9.44. The Morgan fingerprint density at radius 2 is 1.38 bits per heavy atom. The highest BCUT2D eigenvalue weighted by molar-refractivity contribution is 5.55. The lowest BCUT2D eigenvalue weighted by atomic mass is 10.2. The summed E-state index contributed by atoms with van der Waals surface area (Å²) in [5, 5.41) is 0. The summed E-state index contributed by atoms with van der Waals surface area (Å²) in [5.74, 6) is 1.06. The Morgan fingerprint density at radius 1 is 0.731 bits per heavy atom. The summed E-state index contributed by atoms with van der Waals surface area (Å²) in [7, 11) is 0. The van der Waals surface area contributed by atoms with Crippen molar-refractivity contribution < 1.29 is 0 Å². The number of benzene rings is 2. The Kier molecular flexibility index (Phi) is 5.43. The van der Waals surface area contributed by atoms with Crippen molar-refractivity contribution in [1.82, 2.24) is 19.4 Å². The molecule has 0 aliphatic carbocycles. The van der Waals surface area contributed by atoms with Gasteiger partial charge in [0.05, 0.1) is 0 Å². The van der Waals surface area contributed by atoms with E-state index in [0.29, 0.717) is 0 Å². The lowest BCUT2D eigenvalue weighted by molar-refractivity contribution is 0.124. The SMILES string of the molecule is c1ccc(CN2CCN(CCn3ccnc3-c3ccccc3)CC2)cc1. The third kappa shape index (κ3) is 4.21. The third-order valence-corrected chi connectivity index (χ3v) is 5.12. The Labute approximate surface area is 155 Å². The van der Waals surface area contributed by atoms with E-state index >= 15 is 0 Å². The Balaban J connectivity index is 1.28. The molecule has 2 aromatic carbocycles. The fraction of sp³-hybridized carbons (Fsp3) is 0.318. The average Bonchev–Trinajstić information content (AvgIpc) is 3.18. The first-order valence-corrected chi connectivity index (χ1v) is 9.44. The van der Waals surface area contributed by atoms with E-state index in [1.807, 2.05) is 12.3 Å². The van der Waals surface area contributed by atoms with Crippen molar-refractivity contribution in [2.24, 2.45) is 0 Å². The molecule has 0 amide bonds. The van der Waals surface area contributed by atoms with Gasteiger partial charge in [-0.05, 0) is 5.56 Å². The van der Waals surface area contributed by atoms with Crippen LogP contribution in [-0.4, -0.2) is 52.1 Å². The van der Waals surface area contributed by atoms with Gasteiger partial charge in [-0.3, -0.25) is 9.80 Å². The summed E-state index contributed by atoms with van der Waals surface area (Å²) < 4.78 is 2.27. The quantitative estimate of drug-likeness (QED) is 0.684. The van der Waals surface area contributed by atoms with Crippen LogP contribution < -0.4 is 0 Å². The molecular weight excluding hydrogens is 320 g/mol. The van der Waals surface area contributed by atoms with E-state index in [1.54, 1.807) is 0 Å². The van der Waals surface area contributed by atoms with Crippen LogP contribution in [0.5, 0.6) is 0 Å². The van der Waals surface area contributed by atoms with Crippen molar-refractivity contribution in [1.29, 1.82) is 0 Å². The van der Waals surface area contributed by atoms with Crippen LogP contribution in [0.1, 0.15) is 5.56 Å². The van der Waals surface area contributed by atoms with E-state index < -0.39 is 0 Å². The first kappa shape index (κ1) is 17.0. The molecular formula is C22H26N4. The molecule has 0 atom stereocenters. The molecule has 0 spiro atoms. The molecule has 1 aliphatic rings. The summed E-state index contributed by atoms with van der Waals surface area (Å²) in [6.07, 6.45) is 3.99. The zero-order valence-electron chi connectivity index (χ0n) is 15.2. The van der Waals surface area contributed by atoms with Crippen LogP contribution in [0, 0.1) is 0 Å². The highest BCUT2D eigenvalue weighted by atomic mass is 15.3. The topological polar surface area (TPSA) is 24.3 Å². The zero-order valence-corrected chi connectivity index (χ0v) is 15.2. The Bertz CT molecular complexity index is 789. The molecule has 0 bridgehead atoms. The molecule has 2 heterocycles. The van der Waals surface area contributed by atoms with E-state index in [-0.39, 0.29) is 0 Å². The zero-order chi connectivity index (χ0) is 17.6. The standard InChI is InChI=1S/C22H26N4/c1-3-7-20(8-4-1)19-25-15-13-24(14-16-25)17-18-26-12-11-23-22(26)21-9-5-2-6-10-21/h1-12H,13-19H2. The molecule has 3 aromatic rings. The minimum absolute atomic E-state index is 0.989. The maximum Gasteiger partial charge on any atom is 0.139 e. The molecule has 1 fully saturated rings. The smallest absolute Gasteiger partial charge is 0.139 e. The van der Waals surface area contributed by atoms with Gasteiger partial charge in [0.25, 0.3) is 0 Å². The highest BCUT2D eigenvalue weighted by Crippen LogP contribution is 2.17. The van der Waals surface area contributed by atoms with Gasteiger partial charge in [-0.15, -0.1) is 0 Å². The van der Waals surface area contributed by atoms with Crippen LogP contribution in [0.2, 0.25) is 0 Å². The van der Waals surface area contributed by atoms with Crippen LogP contribution in [0.4, 0.5) is 0 Å². The van der Waals surface area contributed by atoms with Gasteiger partial charge in [-0.2, -0.15) is 0 Å². The van der Waals surface area contributed by atoms with Gasteiger partial charge in [0.1, 0.15) is 5.82 Å². The second-order valence-electron chi connectivity index (χ2n) is 6.91. The molecule has 1 aromatic heterocycles. The molecule has 0 unspecified atom stereocenters. The average molecular weight is 346 g/mol. The molecule has 0 radical (unpaired) electrons. The molecule has 134 valence electrons. The van der Waals surface area contributed by atoms with E-state index in [1.165, 1.54) is 11.1 Å². The fourth-order valence-electron chi connectivity index (χ4n) is 3.60. The number of imidazole rings is 1. The van der Waals surface area contributed by atoms with E-state index in [0.717, 1.165) is 51.6 Å².